The number of carbonyl (C=O) groups excluding carboxylic acids is 1. The average Bonchev–Trinajstić information content (AvgIpc) is 2.72. The molecule has 144 valence electrons. The van der Waals surface area contributed by atoms with Gasteiger partial charge >= 0.3 is 0 Å². The van der Waals surface area contributed by atoms with Crippen LogP contribution in [0.5, 0.6) is 0 Å². The standard InChI is InChI=1S/C23H30N2OS/c1-19(27-18-20-10-4-2-5-11-20)23(26)24-16-21-12-6-7-13-22(21)17-25-14-8-3-9-15-25/h2,4-7,10-13,19H,3,8-9,14-18H2,1H3,(H,24,26)/t19-/m0/s1. The second-order valence-corrected chi connectivity index (χ2v) is 8.59. The number of nitrogens with zero attached hydrogens (tertiary/aromatic N) is 1. The zero-order valence-electron chi connectivity index (χ0n) is 16.2. The van der Waals surface area contributed by atoms with Gasteiger partial charge in [-0.3, -0.25) is 9.69 Å². The Bertz CT molecular complexity index is 713. The molecule has 2 aromatic rings. The van der Waals surface area contributed by atoms with Crippen molar-refractivity contribution < 1.29 is 4.79 Å². The summed E-state index contributed by atoms with van der Waals surface area (Å²) in [5.74, 6) is 0.977. The van der Waals surface area contributed by atoms with Crippen molar-refractivity contribution >= 4 is 17.7 Å². The van der Waals surface area contributed by atoms with Crippen LogP contribution >= 0.6 is 11.8 Å². The molecule has 1 fully saturated rings. The lowest BCUT2D eigenvalue weighted by Crippen LogP contribution is -2.32. The Hall–Kier alpha value is -1.78. The maximum absolute atomic E-state index is 12.5. The molecule has 0 unspecified atom stereocenters. The molecule has 0 aromatic heterocycles. The highest BCUT2D eigenvalue weighted by molar-refractivity contribution is 7.99. The number of carbonyl (C=O) groups is 1. The molecule has 2 aromatic carbocycles. The number of piperidine rings is 1. The highest BCUT2D eigenvalue weighted by Gasteiger charge is 2.15. The summed E-state index contributed by atoms with van der Waals surface area (Å²) in [6, 6.07) is 18.8. The van der Waals surface area contributed by atoms with Gasteiger partial charge in [-0.15, -0.1) is 11.8 Å². The van der Waals surface area contributed by atoms with Crippen LogP contribution in [0.25, 0.3) is 0 Å². The minimum atomic E-state index is -0.0561. The number of thioether (sulfide) groups is 1. The molecule has 0 radical (unpaired) electrons. The van der Waals surface area contributed by atoms with Gasteiger partial charge in [-0.25, -0.2) is 0 Å². The van der Waals surface area contributed by atoms with Crippen molar-refractivity contribution in [3.05, 3.63) is 71.3 Å². The molecule has 1 atom stereocenters. The second kappa shape index (κ2) is 10.5. The van der Waals surface area contributed by atoms with Crippen molar-refractivity contribution in [3.63, 3.8) is 0 Å². The van der Waals surface area contributed by atoms with E-state index in [4.69, 9.17) is 0 Å². The summed E-state index contributed by atoms with van der Waals surface area (Å²) in [6.07, 6.45) is 3.96. The van der Waals surface area contributed by atoms with E-state index in [2.05, 4.69) is 46.6 Å². The van der Waals surface area contributed by atoms with Gasteiger partial charge in [0.2, 0.25) is 5.91 Å². The first kappa shape index (κ1) is 20.0. The van der Waals surface area contributed by atoms with Gasteiger partial charge in [-0.2, -0.15) is 0 Å². The van der Waals surface area contributed by atoms with Gasteiger partial charge in [0, 0.05) is 18.8 Å². The van der Waals surface area contributed by atoms with Gasteiger partial charge in [0.15, 0.2) is 0 Å². The quantitative estimate of drug-likeness (QED) is 0.723. The molecule has 0 aliphatic carbocycles. The van der Waals surface area contributed by atoms with E-state index in [9.17, 15) is 4.79 Å². The summed E-state index contributed by atoms with van der Waals surface area (Å²) in [5.41, 5.74) is 3.83. The van der Waals surface area contributed by atoms with Crippen LogP contribution < -0.4 is 5.32 Å². The van der Waals surface area contributed by atoms with Gasteiger partial charge in [0.1, 0.15) is 0 Å². The fourth-order valence-corrected chi connectivity index (χ4v) is 4.31. The fourth-order valence-electron chi connectivity index (χ4n) is 3.44. The lowest BCUT2D eigenvalue weighted by molar-refractivity contribution is -0.120. The molecule has 1 amide bonds. The van der Waals surface area contributed by atoms with Crippen LogP contribution in [0.15, 0.2) is 54.6 Å². The number of likely N-dealkylation sites (tertiary alicyclic amines) is 1. The molecule has 1 aliphatic heterocycles. The molecule has 4 heteroatoms. The van der Waals surface area contributed by atoms with Gasteiger partial charge in [-0.05, 0) is 49.5 Å². The number of rotatable bonds is 8. The van der Waals surface area contributed by atoms with Crippen LogP contribution in [0.1, 0.15) is 42.9 Å². The molecule has 3 rings (SSSR count). The van der Waals surface area contributed by atoms with Crippen molar-refractivity contribution in [3.8, 4) is 0 Å². The Morgan fingerprint density at radius 3 is 2.41 bits per heavy atom. The van der Waals surface area contributed by atoms with E-state index in [0.29, 0.717) is 6.54 Å². The third kappa shape index (κ3) is 6.40. The predicted octanol–water partition coefficient (Wildman–Crippen LogP) is 4.61. The first-order valence-electron chi connectivity index (χ1n) is 9.95. The van der Waals surface area contributed by atoms with Crippen LogP contribution in [0, 0.1) is 0 Å². The molecule has 1 saturated heterocycles. The molecule has 0 spiro atoms. The molecule has 0 saturated carbocycles. The van der Waals surface area contributed by atoms with E-state index in [-0.39, 0.29) is 11.2 Å². The molecule has 1 heterocycles. The summed E-state index contributed by atoms with van der Waals surface area (Å²) in [4.78, 5) is 15.0. The number of hydrogen-bond acceptors (Lipinski definition) is 3. The van der Waals surface area contributed by atoms with Crippen LogP contribution in [0.3, 0.4) is 0 Å². The molecular weight excluding hydrogens is 352 g/mol. The third-order valence-corrected chi connectivity index (χ3v) is 6.34. The normalized spacial score (nSPS) is 16.0. The van der Waals surface area contributed by atoms with E-state index in [1.54, 1.807) is 11.8 Å². The van der Waals surface area contributed by atoms with Crippen molar-refractivity contribution in [2.45, 2.75) is 50.3 Å². The number of amides is 1. The van der Waals surface area contributed by atoms with E-state index >= 15 is 0 Å². The van der Waals surface area contributed by atoms with Crippen LogP contribution in [-0.4, -0.2) is 29.1 Å². The molecule has 1 N–H and O–H groups in total. The lowest BCUT2D eigenvalue weighted by Gasteiger charge is -2.27. The van der Waals surface area contributed by atoms with Gasteiger partial charge in [0.05, 0.1) is 5.25 Å². The Kier molecular flexibility index (Phi) is 7.79. The van der Waals surface area contributed by atoms with E-state index in [1.807, 2.05) is 25.1 Å². The molecule has 27 heavy (non-hydrogen) atoms. The SMILES string of the molecule is C[C@H](SCc1ccccc1)C(=O)NCc1ccccc1CN1CCCCC1. The molecule has 0 bridgehead atoms. The largest absolute Gasteiger partial charge is 0.351 e. The fraction of sp³-hybridized carbons (Fsp3) is 0.435. The highest BCUT2D eigenvalue weighted by Crippen LogP contribution is 2.19. The first-order valence-corrected chi connectivity index (χ1v) is 11.0. The first-order chi connectivity index (χ1) is 13.2. The topological polar surface area (TPSA) is 32.3 Å². The zero-order valence-corrected chi connectivity index (χ0v) is 17.0. The Morgan fingerprint density at radius 1 is 1.00 bits per heavy atom. The summed E-state index contributed by atoms with van der Waals surface area (Å²) in [7, 11) is 0. The lowest BCUT2D eigenvalue weighted by atomic mass is 10.0. The summed E-state index contributed by atoms with van der Waals surface area (Å²) in [5, 5.41) is 3.08. The van der Waals surface area contributed by atoms with Gasteiger partial charge in [0.25, 0.3) is 0 Å². The van der Waals surface area contributed by atoms with Crippen LogP contribution in [0.4, 0.5) is 0 Å². The van der Waals surface area contributed by atoms with Crippen molar-refractivity contribution in [2.75, 3.05) is 13.1 Å². The summed E-state index contributed by atoms with van der Waals surface area (Å²) < 4.78 is 0. The second-order valence-electron chi connectivity index (χ2n) is 7.26. The van der Waals surface area contributed by atoms with Crippen molar-refractivity contribution in [1.82, 2.24) is 10.2 Å². The minimum absolute atomic E-state index is 0.0561. The van der Waals surface area contributed by atoms with E-state index < -0.39 is 0 Å². The number of nitrogens with one attached hydrogen (secondary N) is 1. The number of benzene rings is 2. The van der Waals surface area contributed by atoms with Gasteiger partial charge < -0.3 is 5.32 Å². The smallest absolute Gasteiger partial charge is 0.233 e. The number of hydrogen-bond donors (Lipinski definition) is 1. The third-order valence-electron chi connectivity index (χ3n) is 5.13. The monoisotopic (exact) mass is 382 g/mol. The predicted molar refractivity (Wildman–Crippen MR) is 115 cm³/mol. The Balaban J connectivity index is 1.49. The Morgan fingerprint density at radius 2 is 1.67 bits per heavy atom. The molecule has 3 nitrogen and oxygen atoms in total. The molecular formula is C23H30N2OS. The van der Waals surface area contributed by atoms with Crippen LogP contribution in [-0.2, 0) is 23.6 Å². The summed E-state index contributed by atoms with van der Waals surface area (Å²) in [6.45, 7) is 5.97. The van der Waals surface area contributed by atoms with Crippen molar-refractivity contribution in [1.29, 1.82) is 0 Å². The summed E-state index contributed by atoms with van der Waals surface area (Å²) >= 11 is 1.69. The maximum atomic E-state index is 12.5. The highest BCUT2D eigenvalue weighted by atomic mass is 32.2. The molecule has 1 aliphatic rings. The van der Waals surface area contributed by atoms with E-state index in [1.165, 1.54) is 49.0 Å². The van der Waals surface area contributed by atoms with E-state index in [0.717, 1.165) is 12.3 Å². The average molecular weight is 383 g/mol. The zero-order chi connectivity index (χ0) is 18.9. The van der Waals surface area contributed by atoms with Gasteiger partial charge in [-0.1, -0.05) is 61.0 Å². The Labute approximate surface area is 167 Å². The van der Waals surface area contributed by atoms with Crippen LogP contribution in [0.2, 0.25) is 0 Å². The maximum Gasteiger partial charge on any atom is 0.233 e. The van der Waals surface area contributed by atoms with Crippen molar-refractivity contribution in [2.24, 2.45) is 0 Å². The minimum Gasteiger partial charge on any atom is -0.351 e.